The Morgan fingerprint density at radius 1 is 1.18 bits per heavy atom. The summed E-state index contributed by atoms with van der Waals surface area (Å²) in [5, 5.41) is 2.78. The average Bonchev–Trinajstić information content (AvgIpc) is 3.38. The zero-order chi connectivity index (χ0) is 19.7. The van der Waals surface area contributed by atoms with Crippen molar-refractivity contribution in [3.63, 3.8) is 0 Å². The number of carbonyl (C=O) groups is 3. The number of nitrogens with one attached hydrogen (secondary N) is 1. The van der Waals surface area contributed by atoms with Crippen molar-refractivity contribution in [2.45, 2.75) is 38.4 Å². The van der Waals surface area contributed by atoms with Crippen LogP contribution in [-0.4, -0.2) is 39.7 Å². The van der Waals surface area contributed by atoms with Gasteiger partial charge in [-0.3, -0.25) is 14.5 Å². The summed E-state index contributed by atoms with van der Waals surface area (Å²) in [6, 6.07) is 12.6. The number of hydrogen-bond donors (Lipinski definition) is 1. The number of imide groups is 1. The maximum atomic E-state index is 13.0. The van der Waals surface area contributed by atoms with Gasteiger partial charge in [-0.15, -0.1) is 0 Å². The van der Waals surface area contributed by atoms with Crippen LogP contribution in [0.1, 0.15) is 31.1 Å². The normalized spacial score (nSPS) is 21.7. The van der Waals surface area contributed by atoms with E-state index in [-0.39, 0.29) is 30.8 Å². The highest BCUT2D eigenvalue weighted by Crippen LogP contribution is 2.42. The lowest BCUT2D eigenvalue weighted by Crippen LogP contribution is -2.47. The van der Waals surface area contributed by atoms with Crippen LogP contribution in [0.2, 0.25) is 0 Å². The van der Waals surface area contributed by atoms with Crippen LogP contribution >= 0.6 is 0 Å². The number of rotatable bonds is 7. The number of benzene rings is 1. The van der Waals surface area contributed by atoms with Gasteiger partial charge in [0.15, 0.2) is 0 Å². The highest BCUT2D eigenvalue weighted by atomic mass is 16.3. The summed E-state index contributed by atoms with van der Waals surface area (Å²) in [4.78, 5) is 40.8. The molecule has 1 saturated carbocycles. The summed E-state index contributed by atoms with van der Waals surface area (Å²) in [7, 11) is 0. The molecule has 146 valence electrons. The Kier molecular flexibility index (Phi) is 4.66. The second-order valence-electron chi connectivity index (χ2n) is 7.61. The fraction of sp³-hybridized carbons (Fsp3) is 0.381. The zero-order valence-electron chi connectivity index (χ0n) is 15.8. The van der Waals surface area contributed by atoms with Crippen molar-refractivity contribution in [3.05, 3.63) is 60.1 Å². The molecular formula is C21H23N3O4. The second-order valence-corrected chi connectivity index (χ2v) is 7.61. The average molecular weight is 381 g/mol. The largest absolute Gasteiger partial charge is 0.467 e. The van der Waals surface area contributed by atoms with Gasteiger partial charge in [0, 0.05) is 6.54 Å². The van der Waals surface area contributed by atoms with Crippen molar-refractivity contribution in [1.82, 2.24) is 15.1 Å². The van der Waals surface area contributed by atoms with Crippen molar-refractivity contribution in [3.8, 4) is 0 Å². The van der Waals surface area contributed by atoms with E-state index in [9.17, 15) is 14.4 Å². The van der Waals surface area contributed by atoms with E-state index >= 15 is 0 Å². The number of amides is 4. The predicted octanol–water partition coefficient (Wildman–Crippen LogP) is 2.53. The van der Waals surface area contributed by atoms with Gasteiger partial charge in [-0.05, 0) is 43.4 Å². The highest BCUT2D eigenvalue weighted by molar-refractivity contribution is 6.09. The van der Waals surface area contributed by atoms with Crippen LogP contribution in [-0.2, 0) is 22.7 Å². The molecule has 0 bridgehead atoms. The lowest BCUT2D eigenvalue weighted by atomic mass is 9.96. The second kappa shape index (κ2) is 7.14. The smallest absolute Gasteiger partial charge is 0.325 e. The lowest BCUT2D eigenvalue weighted by molar-refractivity contribution is -0.139. The van der Waals surface area contributed by atoms with Crippen molar-refractivity contribution in [2.24, 2.45) is 5.92 Å². The molecule has 0 spiro atoms. The van der Waals surface area contributed by atoms with E-state index in [2.05, 4.69) is 5.32 Å². The van der Waals surface area contributed by atoms with Crippen LogP contribution in [0.25, 0.3) is 0 Å². The zero-order valence-corrected chi connectivity index (χ0v) is 15.8. The quantitative estimate of drug-likeness (QED) is 0.747. The molecule has 2 aromatic rings. The van der Waals surface area contributed by atoms with Gasteiger partial charge < -0.3 is 14.6 Å². The Balaban J connectivity index is 1.50. The third-order valence-electron chi connectivity index (χ3n) is 5.48. The maximum Gasteiger partial charge on any atom is 0.325 e. The number of furan rings is 1. The van der Waals surface area contributed by atoms with Gasteiger partial charge in [-0.2, -0.15) is 0 Å². The van der Waals surface area contributed by atoms with Gasteiger partial charge in [0.1, 0.15) is 17.8 Å². The van der Waals surface area contributed by atoms with Crippen LogP contribution in [0.5, 0.6) is 0 Å². The summed E-state index contributed by atoms with van der Waals surface area (Å²) >= 11 is 0. The first-order chi connectivity index (χ1) is 13.5. The molecule has 1 saturated heterocycles. The van der Waals surface area contributed by atoms with Crippen molar-refractivity contribution >= 4 is 17.8 Å². The summed E-state index contributed by atoms with van der Waals surface area (Å²) in [5.41, 5.74) is 0.0743. The van der Waals surface area contributed by atoms with E-state index < -0.39 is 11.6 Å². The molecule has 1 aliphatic carbocycles. The van der Waals surface area contributed by atoms with E-state index in [4.69, 9.17) is 4.42 Å². The fourth-order valence-electron chi connectivity index (χ4n) is 3.66. The van der Waals surface area contributed by atoms with E-state index in [1.165, 1.54) is 0 Å². The molecule has 1 unspecified atom stereocenters. The topological polar surface area (TPSA) is 82.9 Å². The van der Waals surface area contributed by atoms with Crippen LogP contribution in [0.3, 0.4) is 0 Å². The molecule has 1 atom stereocenters. The molecule has 4 rings (SSSR count). The van der Waals surface area contributed by atoms with Gasteiger partial charge in [-0.1, -0.05) is 30.3 Å². The molecule has 7 heteroatoms. The Hall–Kier alpha value is -3.09. The highest BCUT2D eigenvalue weighted by Gasteiger charge is 2.56. The molecule has 7 nitrogen and oxygen atoms in total. The summed E-state index contributed by atoms with van der Waals surface area (Å²) in [6.45, 7) is 2.11. The predicted molar refractivity (Wildman–Crippen MR) is 101 cm³/mol. The molecule has 2 fully saturated rings. The molecule has 1 N–H and O–H groups in total. The van der Waals surface area contributed by atoms with E-state index in [0.29, 0.717) is 12.3 Å². The van der Waals surface area contributed by atoms with Crippen LogP contribution in [0.15, 0.2) is 53.1 Å². The first-order valence-corrected chi connectivity index (χ1v) is 9.45. The summed E-state index contributed by atoms with van der Waals surface area (Å²) < 4.78 is 5.38. The Labute approximate surface area is 163 Å². The third-order valence-corrected chi connectivity index (χ3v) is 5.48. The molecule has 0 radical (unpaired) electrons. The number of hydrogen-bond acceptors (Lipinski definition) is 4. The Bertz CT molecular complexity index is 876. The standard InChI is InChI=1S/C21H23N3O4/c1-21(16-9-10-16)19(26)24(20(27)22-21)14-18(25)23(13-17-8-5-11-28-17)12-15-6-3-2-4-7-15/h2-8,11,16H,9-10,12-14H2,1H3,(H,22,27). The van der Waals surface area contributed by atoms with Gasteiger partial charge in [0.05, 0.1) is 12.8 Å². The minimum atomic E-state index is -0.886. The number of carbonyl (C=O) groups excluding carboxylic acids is 3. The van der Waals surface area contributed by atoms with E-state index in [1.54, 1.807) is 30.2 Å². The monoisotopic (exact) mass is 381 g/mol. The molecule has 2 aliphatic rings. The van der Waals surface area contributed by atoms with E-state index in [1.807, 2.05) is 30.3 Å². The first-order valence-electron chi connectivity index (χ1n) is 9.45. The van der Waals surface area contributed by atoms with Gasteiger partial charge in [-0.25, -0.2) is 4.79 Å². The summed E-state index contributed by atoms with van der Waals surface area (Å²) in [6.07, 6.45) is 3.39. The molecule has 1 aromatic heterocycles. The third kappa shape index (κ3) is 3.52. The van der Waals surface area contributed by atoms with Crippen LogP contribution < -0.4 is 5.32 Å². The van der Waals surface area contributed by atoms with E-state index in [0.717, 1.165) is 23.3 Å². The van der Waals surface area contributed by atoms with Crippen molar-refractivity contribution in [1.29, 1.82) is 0 Å². The molecule has 1 aromatic carbocycles. The van der Waals surface area contributed by atoms with Crippen LogP contribution in [0, 0.1) is 5.92 Å². The fourth-order valence-corrected chi connectivity index (χ4v) is 3.66. The number of nitrogens with zero attached hydrogens (tertiary/aromatic N) is 2. The van der Waals surface area contributed by atoms with Crippen molar-refractivity contribution < 1.29 is 18.8 Å². The molecule has 28 heavy (non-hydrogen) atoms. The minimum absolute atomic E-state index is 0.160. The SMILES string of the molecule is CC1(C2CC2)NC(=O)N(CC(=O)N(Cc2ccccc2)Cc2ccco2)C1=O. The van der Waals surface area contributed by atoms with Gasteiger partial charge >= 0.3 is 6.03 Å². The number of urea groups is 1. The maximum absolute atomic E-state index is 13.0. The first kappa shape index (κ1) is 18.3. The van der Waals surface area contributed by atoms with Crippen LogP contribution in [0.4, 0.5) is 4.79 Å². The Morgan fingerprint density at radius 3 is 2.57 bits per heavy atom. The lowest BCUT2D eigenvalue weighted by Gasteiger charge is -2.25. The molecule has 2 heterocycles. The van der Waals surface area contributed by atoms with Gasteiger partial charge in [0.25, 0.3) is 5.91 Å². The van der Waals surface area contributed by atoms with Gasteiger partial charge in [0.2, 0.25) is 5.91 Å². The molecule has 4 amide bonds. The molecular weight excluding hydrogens is 358 g/mol. The van der Waals surface area contributed by atoms with Crippen molar-refractivity contribution in [2.75, 3.05) is 6.54 Å². The minimum Gasteiger partial charge on any atom is -0.467 e. The summed E-state index contributed by atoms with van der Waals surface area (Å²) in [5.74, 6) is 0.187. The molecule has 1 aliphatic heterocycles. The Morgan fingerprint density at radius 2 is 1.93 bits per heavy atom.